The molecule has 166 valence electrons. The third kappa shape index (κ3) is 4.40. The van der Waals surface area contributed by atoms with Crippen LogP contribution < -0.4 is 16.1 Å². The number of hydrogen-bond donors (Lipinski definition) is 4. The van der Waals surface area contributed by atoms with Crippen LogP contribution in [0, 0.1) is 0 Å². The summed E-state index contributed by atoms with van der Waals surface area (Å²) in [6, 6.07) is 13.3. The van der Waals surface area contributed by atoms with E-state index >= 15 is 0 Å². The monoisotopic (exact) mass is 439 g/mol. The van der Waals surface area contributed by atoms with Gasteiger partial charge in [-0.05, 0) is 22.3 Å². The molecule has 3 amide bonds. The molecule has 4 rings (SSSR count). The van der Waals surface area contributed by atoms with Crippen LogP contribution in [-0.4, -0.2) is 54.3 Å². The molecule has 1 saturated heterocycles. The zero-order chi connectivity index (χ0) is 22.7. The van der Waals surface area contributed by atoms with Crippen molar-refractivity contribution in [1.29, 1.82) is 0 Å². The predicted octanol–water partition coefficient (Wildman–Crippen LogP) is 0.915. The third-order valence-corrected chi connectivity index (χ3v) is 5.39. The number of carboxylic acid groups (broad SMARTS) is 1. The Morgan fingerprint density at radius 3 is 2.28 bits per heavy atom. The molecule has 10 heteroatoms. The molecule has 1 heterocycles. The number of ether oxygens (including phenoxy) is 1. The van der Waals surface area contributed by atoms with Gasteiger partial charge >= 0.3 is 12.1 Å². The molecule has 4 N–H and O–H groups in total. The number of carboxylic acids is 1. The molecule has 1 aliphatic carbocycles. The lowest BCUT2D eigenvalue weighted by Gasteiger charge is -2.19. The molecule has 1 fully saturated rings. The van der Waals surface area contributed by atoms with Crippen molar-refractivity contribution < 1.29 is 33.9 Å². The van der Waals surface area contributed by atoms with Gasteiger partial charge in [-0.15, -0.1) is 0 Å². The summed E-state index contributed by atoms with van der Waals surface area (Å²) in [5, 5.41) is 13.7. The van der Waals surface area contributed by atoms with Crippen molar-refractivity contribution in [2.24, 2.45) is 0 Å². The lowest BCUT2D eigenvalue weighted by atomic mass is 9.98. The highest BCUT2D eigenvalue weighted by molar-refractivity contribution is 5.93. The maximum atomic E-state index is 12.4. The summed E-state index contributed by atoms with van der Waals surface area (Å²) in [4.78, 5) is 52.3. The van der Waals surface area contributed by atoms with E-state index in [1.165, 1.54) is 0 Å². The minimum atomic E-state index is -1.42. The van der Waals surface area contributed by atoms with Crippen LogP contribution in [0.1, 0.15) is 23.5 Å². The van der Waals surface area contributed by atoms with Crippen LogP contribution in [0.2, 0.25) is 0 Å². The Morgan fingerprint density at radius 1 is 1.09 bits per heavy atom. The predicted molar refractivity (Wildman–Crippen MR) is 110 cm³/mol. The molecule has 2 unspecified atom stereocenters. The Labute approximate surface area is 182 Å². The van der Waals surface area contributed by atoms with Crippen molar-refractivity contribution in [2.45, 2.75) is 24.4 Å². The molecule has 2 atom stereocenters. The zero-order valence-corrected chi connectivity index (χ0v) is 16.9. The lowest BCUT2D eigenvalue weighted by molar-refractivity contribution is -0.140. The number of hydrogen-bond acceptors (Lipinski definition) is 6. The van der Waals surface area contributed by atoms with Gasteiger partial charge < -0.3 is 20.5 Å². The molecule has 10 nitrogen and oxygen atoms in total. The van der Waals surface area contributed by atoms with Crippen LogP contribution in [0.3, 0.4) is 0 Å². The second-order valence-corrected chi connectivity index (χ2v) is 7.46. The Morgan fingerprint density at radius 2 is 1.72 bits per heavy atom. The Bertz CT molecular complexity index is 1030. The Balaban J connectivity index is 1.41. The molecular weight excluding hydrogens is 418 g/mol. The summed E-state index contributed by atoms with van der Waals surface area (Å²) in [7, 11) is 0. The van der Waals surface area contributed by atoms with Crippen LogP contribution in [0.4, 0.5) is 4.79 Å². The van der Waals surface area contributed by atoms with Crippen LogP contribution >= 0.6 is 0 Å². The number of carbonyl (C=O) groups excluding carboxylic acids is 3. The highest BCUT2D eigenvalue weighted by Crippen LogP contribution is 2.44. The van der Waals surface area contributed by atoms with E-state index in [-0.39, 0.29) is 19.1 Å². The second kappa shape index (κ2) is 9.06. The number of benzene rings is 2. The fourth-order valence-electron chi connectivity index (χ4n) is 3.89. The van der Waals surface area contributed by atoms with E-state index in [1.807, 2.05) is 48.5 Å². The van der Waals surface area contributed by atoms with Gasteiger partial charge in [0.2, 0.25) is 5.91 Å². The molecule has 2 aromatic carbocycles. The number of fused-ring (bicyclic) bond motifs is 3. The number of carbonyl (C=O) groups is 4. The Hall–Kier alpha value is -3.92. The number of amides is 3. The lowest BCUT2D eigenvalue weighted by Crippen LogP contribution is -2.52. The molecule has 0 radical (unpaired) electrons. The van der Waals surface area contributed by atoms with Gasteiger partial charge in [0.25, 0.3) is 5.91 Å². The molecule has 2 aliphatic rings. The van der Waals surface area contributed by atoms with Crippen molar-refractivity contribution >= 4 is 23.9 Å². The molecule has 2 aromatic rings. The third-order valence-electron chi connectivity index (χ3n) is 5.39. The molecule has 0 aromatic heterocycles. The van der Waals surface area contributed by atoms with Crippen molar-refractivity contribution in [1.82, 2.24) is 16.1 Å². The van der Waals surface area contributed by atoms with E-state index in [9.17, 15) is 19.2 Å². The fraction of sp³-hybridized carbons (Fsp3) is 0.273. The summed E-state index contributed by atoms with van der Waals surface area (Å²) in [6.45, 7) is -0.0878. The number of nitrogens with one attached hydrogen (secondary N) is 3. The first-order valence-corrected chi connectivity index (χ1v) is 9.99. The highest BCUT2D eigenvalue weighted by Gasteiger charge is 2.33. The van der Waals surface area contributed by atoms with Gasteiger partial charge in [-0.3, -0.25) is 19.2 Å². The second-order valence-electron chi connectivity index (χ2n) is 7.46. The van der Waals surface area contributed by atoms with Crippen LogP contribution in [0.15, 0.2) is 48.5 Å². The summed E-state index contributed by atoms with van der Waals surface area (Å²) >= 11 is 0. The van der Waals surface area contributed by atoms with Gasteiger partial charge in [-0.1, -0.05) is 48.5 Å². The number of alkyl carbamates (subject to hydrolysis) is 1. The van der Waals surface area contributed by atoms with Gasteiger partial charge in [0, 0.05) is 5.92 Å². The van der Waals surface area contributed by atoms with Gasteiger partial charge in [0.1, 0.15) is 25.3 Å². The van der Waals surface area contributed by atoms with Crippen molar-refractivity contribution in [3.05, 3.63) is 59.7 Å². The molecular formula is C22H21N3O7. The van der Waals surface area contributed by atoms with Gasteiger partial charge in [0.05, 0.1) is 6.42 Å². The quantitative estimate of drug-likeness (QED) is 0.502. The van der Waals surface area contributed by atoms with Crippen LogP contribution in [-0.2, 0) is 24.0 Å². The standard InChI is InChI=1S/C22H21N3O7/c26-19(27)9-17(20(28)23-18-11-32-25-21(18)29)24-22(30)31-10-16-14-7-3-1-5-12(14)13-6-2-4-8-15(13)16/h1-8,16-18H,9-11H2,(H,23,28)(H,24,30)(H,25,29)(H,26,27). The minimum absolute atomic E-state index is 0.0140. The fourth-order valence-corrected chi connectivity index (χ4v) is 3.89. The normalized spacial score (nSPS) is 17.6. The van der Waals surface area contributed by atoms with E-state index in [0.29, 0.717) is 0 Å². The molecule has 0 bridgehead atoms. The average molecular weight is 439 g/mol. The summed E-state index contributed by atoms with van der Waals surface area (Å²) in [5.41, 5.74) is 6.26. The summed E-state index contributed by atoms with van der Waals surface area (Å²) in [6.07, 6.45) is -1.61. The van der Waals surface area contributed by atoms with E-state index < -0.39 is 42.4 Å². The van der Waals surface area contributed by atoms with Gasteiger partial charge in [-0.2, -0.15) is 0 Å². The average Bonchev–Trinajstić information content (AvgIpc) is 3.32. The molecule has 0 spiro atoms. The van der Waals surface area contributed by atoms with Gasteiger partial charge in [0.15, 0.2) is 0 Å². The first kappa shape index (κ1) is 21.3. The number of aliphatic carboxylic acids is 1. The SMILES string of the molecule is O=C(O)CC(NC(=O)OCC1c2ccccc2-c2ccccc21)C(=O)NC1CONC1=O. The van der Waals surface area contributed by atoms with E-state index in [0.717, 1.165) is 22.3 Å². The van der Waals surface area contributed by atoms with E-state index in [4.69, 9.17) is 14.7 Å². The highest BCUT2D eigenvalue weighted by atomic mass is 16.7. The smallest absolute Gasteiger partial charge is 0.407 e. The first-order valence-electron chi connectivity index (χ1n) is 9.99. The summed E-state index contributed by atoms with van der Waals surface area (Å²) < 4.78 is 5.37. The number of hydroxylamine groups is 1. The largest absolute Gasteiger partial charge is 0.481 e. The van der Waals surface area contributed by atoms with Crippen molar-refractivity contribution in [2.75, 3.05) is 13.2 Å². The molecule has 0 saturated carbocycles. The molecule has 1 aliphatic heterocycles. The minimum Gasteiger partial charge on any atom is -0.481 e. The summed E-state index contributed by atoms with van der Waals surface area (Å²) in [5.74, 6) is -2.87. The van der Waals surface area contributed by atoms with E-state index in [1.54, 1.807) is 0 Å². The van der Waals surface area contributed by atoms with Crippen LogP contribution in [0.5, 0.6) is 0 Å². The maximum absolute atomic E-state index is 12.4. The van der Waals surface area contributed by atoms with E-state index in [2.05, 4.69) is 16.1 Å². The van der Waals surface area contributed by atoms with Crippen LogP contribution in [0.25, 0.3) is 11.1 Å². The first-order chi connectivity index (χ1) is 15.4. The number of rotatable bonds is 7. The maximum Gasteiger partial charge on any atom is 0.407 e. The van der Waals surface area contributed by atoms with Gasteiger partial charge in [-0.25, -0.2) is 10.3 Å². The van der Waals surface area contributed by atoms with Crippen molar-refractivity contribution in [3.63, 3.8) is 0 Å². The Kier molecular flexibility index (Phi) is 6.04. The van der Waals surface area contributed by atoms with Crippen molar-refractivity contribution in [3.8, 4) is 11.1 Å². The topological polar surface area (TPSA) is 143 Å². The zero-order valence-electron chi connectivity index (χ0n) is 16.9. The molecule has 32 heavy (non-hydrogen) atoms.